The fourth-order valence-corrected chi connectivity index (χ4v) is 1.68. The number of nitrogens with one attached hydrogen (secondary N) is 1. The molecular weight excluding hydrogens is 216 g/mol. The molecule has 0 aliphatic heterocycles. The zero-order valence-corrected chi connectivity index (χ0v) is 10.8. The monoisotopic (exact) mass is 238 g/mol. The van der Waals surface area contributed by atoms with E-state index in [1.807, 2.05) is 13.2 Å². The molecule has 0 bridgehead atoms. The summed E-state index contributed by atoms with van der Waals surface area (Å²) in [6.45, 7) is 4.72. The minimum atomic E-state index is -0.399. The summed E-state index contributed by atoms with van der Waals surface area (Å²) < 4.78 is 1.75. The van der Waals surface area contributed by atoms with E-state index in [9.17, 15) is 4.79 Å². The van der Waals surface area contributed by atoms with E-state index < -0.39 is 6.04 Å². The summed E-state index contributed by atoms with van der Waals surface area (Å²) in [6, 6.07) is -0.399. The van der Waals surface area contributed by atoms with Crippen LogP contribution in [0.2, 0.25) is 0 Å². The fraction of sp³-hybridized carbons (Fsp3) is 0.667. The van der Waals surface area contributed by atoms with Crippen molar-refractivity contribution in [3.63, 3.8) is 0 Å². The lowest BCUT2D eigenvalue weighted by atomic mass is 10.0. The summed E-state index contributed by atoms with van der Waals surface area (Å²) in [5.41, 5.74) is 6.89. The van der Waals surface area contributed by atoms with Crippen molar-refractivity contribution in [3.8, 4) is 0 Å². The average molecular weight is 238 g/mol. The molecule has 5 heteroatoms. The number of carbonyl (C=O) groups is 1. The van der Waals surface area contributed by atoms with Crippen molar-refractivity contribution in [2.75, 3.05) is 6.54 Å². The number of aryl methyl sites for hydroxylation is 1. The Kier molecular flexibility index (Phi) is 5.15. The summed E-state index contributed by atoms with van der Waals surface area (Å²) in [5.74, 6) is 0.372. The maximum Gasteiger partial charge on any atom is 0.236 e. The molecule has 0 saturated carbocycles. The molecule has 0 radical (unpaired) electrons. The van der Waals surface area contributed by atoms with Crippen molar-refractivity contribution in [2.45, 2.75) is 32.7 Å². The van der Waals surface area contributed by atoms with Gasteiger partial charge in [-0.1, -0.05) is 13.8 Å². The van der Waals surface area contributed by atoms with Crippen molar-refractivity contribution in [1.82, 2.24) is 15.1 Å². The normalized spacial score (nSPS) is 12.8. The molecule has 3 N–H and O–H groups in total. The standard InChI is InChI=1S/C12H22N4O/c1-9(2)6-11(13)12(17)14-5-4-10-7-15-16(3)8-10/h7-9,11H,4-6,13H2,1-3H3,(H,14,17)/t11-/m0/s1. The second-order valence-corrected chi connectivity index (χ2v) is 4.80. The molecule has 0 aromatic carbocycles. The van der Waals surface area contributed by atoms with Crippen molar-refractivity contribution < 1.29 is 4.79 Å². The molecule has 1 aromatic heterocycles. The number of hydrogen-bond acceptors (Lipinski definition) is 3. The van der Waals surface area contributed by atoms with Crippen LogP contribution in [-0.4, -0.2) is 28.3 Å². The number of carbonyl (C=O) groups excluding carboxylic acids is 1. The predicted octanol–water partition coefficient (Wildman–Crippen LogP) is 0.452. The number of nitrogens with zero attached hydrogens (tertiary/aromatic N) is 2. The highest BCUT2D eigenvalue weighted by Crippen LogP contribution is 2.02. The van der Waals surface area contributed by atoms with E-state index in [1.165, 1.54) is 0 Å². The Labute approximate surface area is 102 Å². The van der Waals surface area contributed by atoms with E-state index >= 15 is 0 Å². The third-order valence-corrected chi connectivity index (χ3v) is 2.53. The first-order valence-electron chi connectivity index (χ1n) is 6.00. The topological polar surface area (TPSA) is 72.9 Å². The van der Waals surface area contributed by atoms with E-state index in [0.717, 1.165) is 18.4 Å². The SMILES string of the molecule is CC(C)C[C@H](N)C(=O)NCCc1cnn(C)c1. The molecule has 1 rings (SSSR count). The number of nitrogens with two attached hydrogens (primary N) is 1. The molecule has 1 aromatic rings. The molecule has 0 unspecified atom stereocenters. The molecule has 1 atom stereocenters. The van der Waals surface area contributed by atoms with Crippen molar-refractivity contribution >= 4 is 5.91 Å². The Bertz CT molecular complexity index is 359. The average Bonchev–Trinajstić information content (AvgIpc) is 2.63. The molecule has 0 aliphatic carbocycles. The van der Waals surface area contributed by atoms with Gasteiger partial charge < -0.3 is 11.1 Å². The third kappa shape index (κ3) is 4.99. The lowest BCUT2D eigenvalue weighted by molar-refractivity contribution is -0.122. The second-order valence-electron chi connectivity index (χ2n) is 4.80. The Morgan fingerprint density at radius 2 is 2.29 bits per heavy atom. The zero-order valence-electron chi connectivity index (χ0n) is 10.8. The van der Waals surface area contributed by atoms with Crippen LogP contribution in [0.5, 0.6) is 0 Å². The van der Waals surface area contributed by atoms with E-state index in [2.05, 4.69) is 24.3 Å². The van der Waals surface area contributed by atoms with Gasteiger partial charge in [0.1, 0.15) is 0 Å². The van der Waals surface area contributed by atoms with Gasteiger partial charge in [0, 0.05) is 19.8 Å². The highest BCUT2D eigenvalue weighted by Gasteiger charge is 2.14. The second kappa shape index (κ2) is 6.39. The molecule has 0 spiro atoms. The largest absolute Gasteiger partial charge is 0.354 e. The summed E-state index contributed by atoms with van der Waals surface area (Å²) in [4.78, 5) is 11.6. The van der Waals surface area contributed by atoms with Gasteiger partial charge in [0.2, 0.25) is 5.91 Å². The van der Waals surface area contributed by atoms with Crippen molar-refractivity contribution in [3.05, 3.63) is 18.0 Å². The van der Waals surface area contributed by atoms with Gasteiger partial charge >= 0.3 is 0 Å². The van der Waals surface area contributed by atoms with Gasteiger partial charge in [-0.25, -0.2) is 0 Å². The van der Waals surface area contributed by atoms with Crippen LogP contribution in [0.15, 0.2) is 12.4 Å². The van der Waals surface area contributed by atoms with Gasteiger partial charge in [-0.15, -0.1) is 0 Å². The molecule has 96 valence electrons. The van der Waals surface area contributed by atoms with Gasteiger partial charge in [-0.05, 0) is 24.3 Å². The molecular formula is C12H22N4O. The molecule has 17 heavy (non-hydrogen) atoms. The summed E-state index contributed by atoms with van der Waals surface area (Å²) >= 11 is 0. The zero-order chi connectivity index (χ0) is 12.8. The van der Waals surface area contributed by atoms with Crippen LogP contribution in [0, 0.1) is 5.92 Å². The maximum absolute atomic E-state index is 11.6. The summed E-state index contributed by atoms with van der Waals surface area (Å²) in [5, 5.41) is 6.91. The quantitative estimate of drug-likeness (QED) is 0.756. The number of hydrogen-bond donors (Lipinski definition) is 2. The van der Waals surface area contributed by atoms with Crippen LogP contribution in [0.1, 0.15) is 25.8 Å². The van der Waals surface area contributed by atoms with Crippen LogP contribution in [0.25, 0.3) is 0 Å². The molecule has 1 heterocycles. The third-order valence-electron chi connectivity index (χ3n) is 2.53. The predicted molar refractivity (Wildman–Crippen MR) is 67.4 cm³/mol. The number of rotatable bonds is 6. The lowest BCUT2D eigenvalue weighted by Crippen LogP contribution is -2.42. The fourth-order valence-electron chi connectivity index (χ4n) is 1.68. The molecule has 0 aliphatic rings. The molecule has 0 saturated heterocycles. The highest BCUT2D eigenvalue weighted by atomic mass is 16.2. The Balaban J connectivity index is 2.24. The van der Waals surface area contributed by atoms with Gasteiger partial charge in [0.05, 0.1) is 12.2 Å². The minimum absolute atomic E-state index is 0.0670. The summed E-state index contributed by atoms with van der Waals surface area (Å²) in [6.07, 6.45) is 5.26. The van der Waals surface area contributed by atoms with Crippen LogP contribution >= 0.6 is 0 Å². The van der Waals surface area contributed by atoms with Gasteiger partial charge in [-0.3, -0.25) is 9.48 Å². The Morgan fingerprint density at radius 3 is 2.82 bits per heavy atom. The van der Waals surface area contributed by atoms with Gasteiger partial charge in [-0.2, -0.15) is 5.10 Å². The lowest BCUT2D eigenvalue weighted by Gasteiger charge is -2.13. The van der Waals surface area contributed by atoms with Crippen LogP contribution in [-0.2, 0) is 18.3 Å². The maximum atomic E-state index is 11.6. The van der Waals surface area contributed by atoms with Crippen LogP contribution in [0.4, 0.5) is 0 Å². The van der Waals surface area contributed by atoms with E-state index in [0.29, 0.717) is 12.5 Å². The first-order chi connectivity index (χ1) is 7.99. The first-order valence-corrected chi connectivity index (χ1v) is 6.00. The van der Waals surface area contributed by atoms with E-state index in [1.54, 1.807) is 10.9 Å². The van der Waals surface area contributed by atoms with Gasteiger partial charge in [0.25, 0.3) is 0 Å². The number of amides is 1. The molecule has 5 nitrogen and oxygen atoms in total. The van der Waals surface area contributed by atoms with E-state index in [-0.39, 0.29) is 5.91 Å². The van der Waals surface area contributed by atoms with Crippen molar-refractivity contribution in [1.29, 1.82) is 0 Å². The first kappa shape index (κ1) is 13.7. The van der Waals surface area contributed by atoms with Crippen LogP contribution < -0.4 is 11.1 Å². The number of aromatic nitrogens is 2. The van der Waals surface area contributed by atoms with Crippen molar-refractivity contribution in [2.24, 2.45) is 18.7 Å². The van der Waals surface area contributed by atoms with Crippen LogP contribution in [0.3, 0.4) is 0 Å². The summed E-state index contributed by atoms with van der Waals surface area (Å²) in [7, 11) is 1.88. The van der Waals surface area contributed by atoms with Gasteiger partial charge in [0.15, 0.2) is 0 Å². The Morgan fingerprint density at radius 1 is 1.59 bits per heavy atom. The minimum Gasteiger partial charge on any atom is -0.354 e. The van der Waals surface area contributed by atoms with E-state index in [4.69, 9.17) is 5.73 Å². The molecule has 0 fully saturated rings. The highest BCUT2D eigenvalue weighted by molar-refractivity contribution is 5.81. The molecule has 1 amide bonds. The smallest absolute Gasteiger partial charge is 0.236 e. The Hall–Kier alpha value is -1.36.